The molecule has 4 rings (SSSR count). The Morgan fingerprint density at radius 2 is 1.97 bits per heavy atom. The normalized spacial score (nSPS) is 16.5. The molecule has 1 amide bonds. The average Bonchev–Trinajstić information content (AvgIpc) is 3.36. The quantitative estimate of drug-likeness (QED) is 0.436. The zero-order valence-corrected chi connectivity index (χ0v) is 20.0. The van der Waals surface area contributed by atoms with Crippen LogP contribution in [0.1, 0.15) is 54.5 Å². The number of halogens is 2. The Hall–Kier alpha value is -3.53. The number of rotatable bonds is 9. The minimum atomic E-state index is -2.17. The number of carboxylic acid groups (broad SMARTS) is 1. The van der Waals surface area contributed by atoms with E-state index in [1.165, 1.54) is 30.6 Å². The van der Waals surface area contributed by atoms with Crippen LogP contribution in [-0.4, -0.2) is 46.9 Å². The lowest BCUT2D eigenvalue weighted by Crippen LogP contribution is -2.32. The molecule has 1 N–H and O–H groups in total. The molecule has 7 nitrogen and oxygen atoms in total. The molecule has 0 radical (unpaired) electrons. The van der Waals surface area contributed by atoms with Gasteiger partial charge in [-0.05, 0) is 37.5 Å². The summed E-state index contributed by atoms with van der Waals surface area (Å²) in [7, 11) is 1.31. The minimum Gasteiger partial charge on any atom is -0.496 e. The topological polar surface area (TPSA) is 89.0 Å². The molecule has 0 fully saturated rings. The van der Waals surface area contributed by atoms with Crippen LogP contribution < -0.4 is 9.47 Å². The van der Waals surface area contributed by atoms with E-state index < -0.39 is 24.4 Å². The van der Waals surface area contributed by atoms with Gasteiger partial charge in [0.15, 0.2) is 11.9 Å². The fraction of sp³-hybridized carbons (Fsp3) is 0.320. The Kier molecular flexibility index (Phi) is 7.30. The molecular weight excluding hydrogens is 478 g/mol. The number of aryl methyl sites for hydroxylation is 2. The van der Waals surface area contributed by atoms with Crippen molar-refractivity contribution < 1.29 is 33.0 Å². The number of thiazole rings is 1. The molecule has 0 saturated carbocycles. The second-order valence-electron chi connectivity index (χ2n) is 8.09. The van der Waals surface area contributed by atoms with Gasteiger partial charge in [0, 0.05) is 17.0 Å². The number of hydrogen-bond donors (Lipinski definition) is 1. The number of carbonyl (C=O) groups is 2. The summed E-state index contributed by atoms with van der Waals surface area (Å²) in [5.74, 6) is -1.59. The molecule has 0 saturated heterocycles. The van der Waals surface area contributed by atoms with Crippen LogP contribution in [0, 0.1) is 6.92 Å². The van der Waals surface area contributed by atoms with E-state index >= 15 is 0 Å². The zero-order valence-electron chi connectivity index (χ0n) is 19.2. The second kappa shape index (κ2) is 10.4. The number of hydrogen-bond acceptors (Lipinski definition) is 6. The standard InChI is InChI=1S/C25H24F2N2O5S/c1-14-22(25(31)32)28-19(35-14)13-29(10-6-9-15-7-4-3-5-8-15)24(30)16-11-17(33-2)20-18(12-16)34-23(27)21(20)26/h3-5,7-8,11-12,21,23H,6,9-10,13H2,1-2H3,(H,31,32). The summed E-state index contributed by atoms with van der Waals surface area (Å²) in [4.78, 5) is 31.2. The fourth-order valence-corrected chi connectivity index (χ4v) is 4.95. The zero-order chi connectivity index (χ0) is 25.1. The van der Waals surface area contributed by atoms with E-state index in [1.807, 2.05) is 30.3 Å². The van der Waals surface area contributed by atoms with Crippen LogP contribution in [0.5, 0.6) is 11.5 Å². The summed E-state index contributed by atoms with van der Waals surface area (Å²) in [5.41, 5.74) is 1.16. The van der Waals surface area contributed by atoms with E-state index in [1.54, 1.807) is 11.8 Å². The minimum absolute atomic E-state index is 0.0287. The SMILES string of the molecule is COc1cc(C(=O)N(CCCc2ccccc2)Cc2nc(C(=O)O)c(C)s2)cc2c1C(F)C(F)O2. The molecule has 3 aromatic rings. The number of ether oxygens (including phenoxy) is 2. The van der Waals surface area contributed by atoms with Crippen molar-refractivity contribution in [2.24, 2.45) is 0 Å². The molecule has 2 aromatic carbocycles. The number of amides is 1. The Balaban J connectivity index is 1.61. The molecule has 2 heterocycles. The number of carbonyl (C=O) groups excluding carboxylic acids is 1. The maximum atomic E-state index is 14.2. The molecule has 1 aliphatic heterocycles. The summed E-state index contributed by atoms with van der Waals surface area (Å²) in [6.07, 6.45) is -2.80. The molecule has 1 aromatic heterocycles. The molecule has 1 aliphatic rings. The highest BCUT2D eigenvalue weighted by atomic mass is 32.1. The highest BCUT2D eigenvalue weighted by Crippen LogP contribution is 2.46. The van der Waals surface area contributed by atoms with Crippen molar-refractivity contribution in [3.05, 3.63) is 74.7 Å². The lowest BCUT2D eigenvalue weighted by molar-refractivity contribution is 0.0212. The first-order valence-electron chi connectivity index (χ1n) is 11.0. The Labute approximate surface area is 204 Å². The van der Waals surface area contributed by atoms with Gasteiger partial charge in [-0.25, -0.2) is 14.2 Å². The van der Waals surface area contributed by atoms with Gasteiger partial charge in [-0.2, -0.15) is 4.39 Å². The fourth-order valence-electron chi connectivity index (χ4n) is 4.01. The third-order valence-corrected chi connectivity index (χ3v) is 6.67. The van der Waals surface area contributed by atoms with Crippen LogP contribution in [0.4, 0.5) is 8.78 Å². The molecule has 0 spiro atoms. The van der Waals surface area contributed by atoms with E-state index in [0.29, 0.717) is 22.9 Å². The van der Waals surface area contributed by atoms with Crippen molar-refractivity contribution in [2.45, 2.75) is 38.8 Å². The predicted molar refractivity (Wildman–Crippen MR) is 126 cm³/mol. The summed E-state index contributed by atoms with van der Waals surface area (Å²) < 4.78 is 38.3. The number of alkyl halides is 2. The number of benzene rings is 2. The first-order chi connectivity index (χ1) is 16.8. The molecule has 184 valence electrons. The number of methoxy groups -OCH3 is 1. The van der Waals surface area contributed by atoms with E-state index in [9.17, 15) is 23.5 Å². The lowest BCUT2D eigenvalue weighted by Gasteiger charge is -2.22. The van der Waals surface area contributed by atoms with Gasteiger partial charge in [0.25, 0.3) is 12.3 Å². The van der Waals surface area contributed by atoms with Crippen molar-refractivity contribution in [2.75, 3.05) is 13.7 Å². The Bertz CT molecular complexity index is 1230. The van der Waals surface area contributed by atoms with E-state index in [0.717, 1.165) is 12.0 Å². The van der Waals surface area contributed by atoms with Crippen molar-refractivity contribution in [1.82, 2.24) is 9.88 Å². The molecular formula is C25H24F2N2O5S. The van der Waals surface area contributed by atoms with Crippen LogP contribution in [0.2, 0.25) is 0 Å². The average molecular weight is 503 g/mol. The maximum absolute atomic E-state index is 14.2. The number of fused-ring (bicyclic) bond motifs is 1. The largest absolute Gasteiger partial charge is 0.496 e. The van der Waals surface area contributed by atoms with Crippen LogP contribution in [0.3, 0.4) is 0 Å². The van der Waals surface area contributed by atoms with Gasteiger partial charge in [0.1, 0.15) is 16.5 Å². The summed E-state index contributed by atoms with van der Waals surface area (Å²) in [6.45, 7) is 2.10. The number of carboxylic acids is 1. The van der Waals surface area contributed by atoms with E-state index in [4.69, 9.17) is 9.47 Å². The lowest BCUT2D eigenvalue weighted by atomic mass is 10.0. The van der Waals surface area contributed by atoms with Crippen molar-refractivity contribution in [3.63, 3.8) is 0 Å². The monoisotopic (exact) mass is 502 g/mol. The first kappa shape index (κ1) is 24.6. The highest BCUT2D eigenvalue weighted by molar-refractivity contribution is 7.11. The van der Waals surface area contributed by atoms with Gasteiger partial charge >= 0.3 is 5.97 Å². The Morgan fingerprint density at radius 3 is 2.63 bits per heavy atom. The summed E-state index contributed by atoms with van der Waals surface area (Å²) >= 11 is 1.21. The van der Waals surface area contributed by atoms with Crippen molar-refractivity contribution >= 4 is 23.2 Å². The van der Waals surface area contributed by atoms with E-state index in [-0.39, 0.29) is 34.9 Å². The predicted octanol–water partition coefficient (Wildman–Crippen LogP) is 5.13. The van der Waals surface area contributed by atoms with Crippen LogP contribution >= 0.6 is 11.3 Å². The number of aromatic nitrogens is 1. The second-order valence-corrected chi connectivity index (χ2v) is 9.38. The van der Waals surface area contributed by atoms with Crippen LogP contribution in [0.25, 0.3) is 0 Å². The van der Waals surface area contributed by atoms with Gasteiger partial charge in [-0.15, -0.1) is 11.3 Å². The Morgan fingerprint density at radius 1 is 1.23 bits per heavy atom. The summed E-state index contributed by atoms with van der Waals surface area (Å²) in [5, 5.41) is 9.81. The van der Waals surface area contributed by atoms with Gasteiger partial charge < -0.3 is 19.5 Å². The molecule has 35 heavy (non-hydrogen) atoms. The van der Waals surface area contributed by atoms with Crippen LogP contribution in [-0.2, 0) is 13.0 Å². The van der Waals surface area contributed by atoms with Gasteiger partial charge in [-0.1, -0.05) is 30.3 Å². The van der Waals surface area contributed by atoms with Crippen molar-refractivity contribution in [1.29, 1.82) is 0 Å². The summed E-state index contributed by atoms with van der Waals surface area (Å²) in [6, 6.07) is 12.5. The van der Waals surface area contributed by atoms with Gasteiger partial charge in [0.05, 0.1) is 19.2 Å². The number of nitrogens with zero attached hydrogens (tertiary/aromatic N) is 2. The molecule has 2 unspecified atom stereocenters. The maximum Gasteiger partial charge on any atom is 0.355 e. The third-order valence-electron chi connectivity index (χ3n) is 5.71. The first-order valence-corrected chi connectivity index (χ1v) is 11.8. The smallest absolute Gasteiger partial charge is 0.355 e. The van der Waals surface area contributed by atoms with Gasteiger partial charge in [0.2, 0.25) is 0 Å². The van der Waals surface area contributed by atoms with E-state index in [2.05, 4.69) is 4.98 Å². The van der Waals surface area contributed by atoms with Gasteiger partial charge in [-0.3, -0.25) is 4.79 Å². The molecule has 0 bridgehead atoms. The van der Waals surface area contributed by atoms with Crippen molar-refractivity contribution in [3.8, 4) is 11.5 Å². The molecule has 10 heteroatoms. The molecule has 0 aliphatic carbocycles. The highest BCUT2D eigenvalue weighted by Gasteiger charge is 2.38. The molecule has 2 atom stereocenters. The third kappa shape index (κ3) is 5.27. The number of aromatic carboxylic acids is 1. The van der Waals surface area contributed by atoms with Crippen LogP contribution in [0.15, 0.2) is 42.5 Å².